The van der Waals surface area contributed by atoms with E-state index in [4.69, 9.17) is 23.2 Å². The van der Waals surface area contributed by atoms with Gasteiger partial charge in [-0.2, -0.15) is 5.26 Å². The van der Waals surface area contributed by atoms with E-state index in [1.54, 1.807) is 6.07 Å². The minimum Gasteiger partial charge on any atom is -0.394 e. The highest BCUT2D eigenvalue weighted by molar-refractivity contribution is 6.31. The van der Waals surface area contributed by atoms with Crippen LogP contribution in [0.25, 0.3) is 0 Å². The molecule has 4 N–H and O–H groups in total. The third-order valence-electron chi connectivity index (χ3n) is 10.6. The van der Waals surface area contributed by atoms with E-state index < -0.39 is 53.7 Å². The Morgan fingerprint density at radius 2 is 1.84 bits per heavy atom. The average molecular weight is 714 g/mol. The van der Waals surface area contributed by atoms with Crippen molar-refractivity contribution in [2.75, 3.05) is 26.2 Å². The molecule has 5 rings (SSSR count). The fraction of sp³-hybridized carbons (Fsp3) is 0.474. The molecule has 0 saturated carbocycles. The van der Waals surface area contributed by atoms with Crippen molar-refractivity contribution in [3.63, 3.8) is 0 Å². The van der Waals surface area contributed by atoms with Crippen molar-refractivity contribution in [2.45, 2.75) is 75.6 Å². The Labute approximate surface area is 297 Å². The topological polar surface area (TPSA) is 109 Å². The van der Waals surface area contributed by atoms with Crippen LogP contribution in [0, 0.1) is 34.3 Å². The summed E-state index contributed by atoms with van der Waals surface area (Å²) in [5.41, 5.74) is -0.830. The maximum Gasteiger partial charge on any atom is 0.237 e. The predicted molar refractivity (Wildman–Crippen MR) is 187 cm³/mol. The van der Waals surface area contributed by atoms with Gasteiger partial charge in [-0.05, 0) is 79.4 Å². The predicted octanol–water partition coefficient (Wildman–Crippen LogP) is 6.35. The van der Waals surface area contributed by atoms with E-state index in [9.17, 15) is 20.3 Å². The summed E-state index contributed by atoms with van der Waals surface area (Å²) in [6.07, 6.45) is 1.28. The molecule has 0 unspecified atom stereocenters. The summed E-state index contributed by atoms with van der Waals surface area (Å²) in [7, 11) is 0. The van der Waals surface area contributed by atoms with Crippen molar-refractivity contribution in [2.24, 2.45) is 11.3 Å². The number of nitrogens with zero attached hydrogens (tertiary/aromatic N) is 2. The van der Waals surface area contributed by atoms with Crippen LogP contribution >= 0.6 is 23.2 Å². The van der Waals surface area contributed by atoms with Crippen LogP contribution < -0.4 is 10.6 Å². The molecule has 2 fully saturated rings. The van der Waals surface area contributed by atoms with Crippen molar-refractivity contribution in [1.29, 1.82) is 5.26 Å². The van der Waals surface area contributed by atoms with Crippen LogP contribution in [0.2, 0.25) is 10.0 Å². The second kappa shape index (κ2) is 15.8. The highest BCUT2D eigenvalue weighted by atomic mass is 35.5. The number of carbonyl (C=O) groups is 1. The SMILES string of the molecule is CC(C)(C[C@@H]1N[C@@H](C(=O)NCC[C@H](O)CO)[C@H](c2cccc(Cl)c2F)[C@@]1(C#N)c1ccc(Cl)cc1F)C1CCN(Cc2ccccc2)CC1. The van der Waals surface area contributed by atoms with E-state index in [1.807, 2.05) is 18.2 Å². The van der Waals surface area contributed by atoms with Gasteiger partial charge in [0.2, 0.25) is 5.91 Å². The van der Waals surface area contributed by atoms with Crippen LogP contribution in [0.5, 0.6) is 0 Å². The number of rotatable bonds is 12. The molecule has 49 heavy (non-hydrogen) atoms. The zero-order valence-electron chi connectivity index (χ0n) is 27.8. The first-order chi connectivity index (χ1) is 23.4. The smallest absolute Gasteiger partial charge is 0.237 e. The molecule has 0 aromatic heterocycles. The van der Waals surface area contributed by atoms with Crippen molar-refractivity contribution in [1.82, 2.24) is 15.5 Å². The van der Waals surface area contributed by atoms with Gasteiger partial charge in [-0.15, -0.1) is 0 Å². The first-order valence-electron chi connectivity index (χ1n) is 16.8. The molecular formula is C38H44Cl2F2N4O3. The van der Waals surface area contributed by atoms with Crippen molar-refractivity contribution in [3.8, 4) is 6.07 Å². The summed E-state index contributed by atoms with van der Waals surface area (Å²) in [4.78, 5) is 16.4. The van der Waals surface area contributed by atoms with Crippen molar-refractivity contribution < 1.29 is 23.8 Å². The second-order valence-corrected chi connectivity index (χ2v) is 14.9. The summed E-state index contributed by atoms with van der Waals surface area (Å²) in [6, 6.07) is 19.3. The van der Waals surface area contributed by atoms with Crippen LogP contribution in [-0.4, -0.2) is 65.4 Å². The van der Waals surface area contributed by atoms with Crippen LogP contribution in [0.3, 0.4) is 0 Å². The number of nitriles is 1. The van der Waals surface area contributed by atoms with E-state index in [2.05, 4.69) is 47.6 Å². The quantitative estimate of drug-likeness (QED) is 0.175. The molecule has 7 nitrogen and oxygen atoms in total. The van der Waals surface area contributed by atoms with Gasteiger partial charge >= 0.3 is 0 Å². The number of benzene rings is 3. The lowest BCUT2D eigenvalue weighted by Crippen LogP contribution is -2.48. The zero-order valence-corrected chi connectivity index (χ0v) is 29.3. The summed E-state index contributed by atoms with van der Waals surface area (Å²) in [5.74, 6) is -2.99. The van der Waals surface area contributed by atoms with Gasteiger partial charge in [0.15, 0.2) is 0 Å². The molecule has 2 aliphatic heterocycles. The largest absolute Gasteiger partial charge is 0.394 e. The fourth-order valence-electron chi connectivity index (χ4n) is 7.91. The highest BCUT2D eigenvalue weighted by Crippen LogP contribution is 2.54. The van der Waals surface area contributed by atoms with E-state index in [-0.39, 0.29) is 45.5 Å². The Balaban J connectivity index is 1.52. The molecule has 0 bridgehead atoms. The molecule has 1 amide bonds. The maximum atomic E-state index is 16.1. The van der Waals surface area contributed by atoms with E-state index in [0.29, 0.717) is 6.42 Å². The molecule has 2 heterocycles. The Hall–Kier alpha value is -3.10. The Bertz CT molecular complexity index is 1650. The van der Waals surface area contributed by atoms with E-state index in [0.717, 1.165) is 38.5 Å². The van der Waals surface area contributed by atoms with Gasteiger partial charge in [0, 0.05) is 35.6 Å². The number of nitrogens with one attached hydrogen (secondary N) is 2. The average Bonchev–Trinajstić information content (AvgIpc) is 3.40. The maximum absolute atomic E-state index is 16.1. The molecular weight excluding hydrogens is 669 g/mol. The number of aliphatic hydroxyl groups excluding tert-OH is 2. The molecule has 11 heteroatoms. The standard InChI is InChI=1S/C38H44Cl2F2N4O3/c1-37(2,25-14-17-46(18-15-25)21-24-7-4-3-5-8-24)20-32-38(23-43,29-12-11-26(39)19-31(29)41)33(28-9-6-10-30(40)34(28)42)35(45-32)36(49)44-16-13-27(48)22-47/h3-12,19,25,27,32-33,35,45,47-48H,13-18,20-22H2,1-2H3,(H,44,49)/t27-,32-,33-,35+,38-/m0/s1. The molecule has 0 spiro atoms. The normalized spacial score (nSPS) is 24.0. The first-order valence-corrected chi connectivity index (χ1v) is 17.6. The molecule has 3 aromatic rings. The Morgan fingerprint density at radius 1 is 1.12 bits per heavy atom. The Morgan fingerprint density at radius 3 is 2.49 bits per heavy atom. The lowest BCUT2D eigenvalue weighted by Gasteiger charge is -2.44. The lowest BCUT2D eigenvalue weighted by atomic mass is 9.60. The van der Waals surface area contributed by atoms with Gasteiger partial charge in [0.25, 0.3) is 0 Å². The third-order valence-corrected chi connectivity index (χ3v) is 11.1. The lowest BCUT2D eigenvalue weighted by molar-refractivity contribution is -0.123. The number of piperidine rings is 1. The van der Waals surface area contributed by atoms with Crippen LogP contribution in [-0.2, 0) is 16.8 Å². The first kappa shape index (κ1) is 37.2. The number of amides is 1. The van der Waals surface area contributed by atoms with Gasteiger partial charge in [-0.25, -0.2) is 8.78 Å². The monoisotopic (exact) mass is 712 g/mol. The number of hydrogen-bond acceptors (Lipinski definition) is 6. The van der Waals surface area contributed by atoms with Crippen LogP contribution in [0.15, 0.2) is 66.7 Å². The highest BCUT2D eigenvalue weighted by Gasteiger charge is 2.61. The minimum absolute atomic E-state index is 0.0146. The molecule has 2 aliphatic rings. The van der Waals surface area contributed by atoms with Crippen molar-refractivity contribution in [3.05, 3.63) is 105 Å². The van der Waals surface area contributed by atoms with Crippen LogP contribution in [0.4, 0.5) is 8.78 Å². The second-order valence-electron chi connectivity index (χ2n) is 14.1. The summed E-state index contributed by atoms with van der Waals surface area (Å²) < 4.78 is 32.1. The number of carbonyl (C=O) groups excluding carboxylic acids is 1. The number of hydrogen-bond donors (Lipinski definition) is 4. The van der Waals surface area contributed by atoms with Crippen molar-refractivity contribution >= 4 is 29.1 Å². The van der Waals surface area contributed by atoms with E-state index in [1.165, 1.54) is 29.8 Å². The van der Waals surface area contributed by atoms with Gasteiger partial charge in [-0.1, -0.05) is 85.6 Å². The molecule has 262 valence electrons. The molecule has 3 aromatic carbocycles. The zero-order chi connectivity index (χ0) is 35.3. The van der Waals surface area contributed by atoms with Gasteiger partial charge in [-0.3, -0.25) is 9.69 Å². The molecule has 0 radical (unpaired) electrons. The van der Waals surface area contributed by atoms with Crippen LogP contribution in [0.1, 0.15) is 62.1 Å². The summed E-state index contributed by atoms with van der Waals surface area (Å²) in [6.45, 7) is 6.51. The van der Waals surface area contributed by atoms with Gasteiger partial charge < -0.3 is 20.8 Å². The fourth-order valence-corrected chi connectivity index (χ4v) is 8.26. The molecule has 2 saturated heterocycles. The van der Waals surface area contributed by atoms with Gasteiger partial charge in [0.05, 0.1) is 29.8 Å². The summed E-state index contributed by atoms with van der Waals surface area (Å²) >= 11 is 12.4. The number of halogens is 4. The van der Waals surface area contributed by atoms with E-state index >= 15 is 8.78 Å². The van der Waals surface area contributed by atoms with Gasteiger partial charge in [0.1, 0.15) is 17.0 Å². The Kier molecular flexibility index (Phi) is 12.0. The minimum atomic E-state index is -1.75. The number of aliphatic hydroxyl groups is 2. The molecule has 0 aliphatic carbocycles. The summed E-state index contributed by atoms with van der Waals surface area (Å²) in [5, 5.41) is 36.5. The number of likely N-dealkylation sites (tertiary alicyclic amines) is 1. The molecule has 5 atom stereocenters. The third kappa shape index (κ3) is 7.96.